The average Bonchev–Trinajstić information content (AvgIpc) is 2.36. The number of esters is 1. The fourth-order valence-corrected chi connectivity index (χ4v) is 3.21. The quantitative estimate of drug-likeness (QED) is 0.638. The summed E-state index contributed by atoms with van der Waals surface area (Å²) in [6.45, 7) is 7.45. The number of carbonyl (C=O) groups excluding carboxylic acids is 1. The van der Waals surface area contributed by atoms with Gasteiger partial charge < -0.3 is 15.4 Å². The topological polar surface area (TPSA) is 50.4 Å². The van der Waals surface area contributed by atoms with Crippen molar-refractivity contribution in [2.45, 2.75) is 26.0 Å². The maximum Gasteiger partial charge on any atom is 0.317 e. The van der Waals surface area contributed by atoms with Gasteiger partial charge in [0.25, 0.3) is 0 Å². The van der Waals surface area contributed by atoms with Gasteiger partial charge in [0.15, 0.2) is 5.11 Å². The third-order valence-electron chi connectivity index (χ3n) is 3.19. The van der Waals surface area contributed by atoms with E-state index in [0.29, 0.717) is 26.4 Å². The van der Waals surface area contributed by atoms with Crippen LogP contribution in [0.25, 0.3) is 0 Å². The van der Waals surface area contributed by atoms with E-state index in [4.69, 9.17) is 40.2 Å². The Morgan fingerprint density at radius 2 is 1.95 bits per heavy atom. The molecule has 1 aliphatic rings. The zero-order chi connectivity index (χ0) is 16.4. The van der Waals surface area contributed by atoms with Crippen LogP contribution in [0.2, 0.25) is 10.0 Å². The molecule has 0 unspecified atom stereocenters. The summed E-state index contributed by atoms with van der Waals surface area (Å²) >= 11 is 17.7. The summed E-state index contributed by atoms with van der Waals surface area (Å²) in [4.78, 5) is 12.4. The van der Waals surface area contributed by atoms with Crippen LogP contribution >= 0.6 is 35.4 Å². The summed E-state index contributed by atoms with van der Waals surface area (Å²) in [6.07, 6.45) is -0.239. The van der Waals surface area contributed by atoms with Crippen LogP contribution < -0.4 is 10.6 Å². The molecule has 0 radical (unpaired) electrons. The lowest BCUT2D eigenvalue weighted by Gasteiger charge is -2.35. The van der Waals surface area contributed by atoms with E-state index < -0.39 is 17.9 Å². The SMILES string of the molecule is C=C1NC(=S)N[C@@H](c2c(Cl)cccc2Cl)[C@@H]1C(=O)OC(C)C. The zero-order valence-corrected chi connectivity index (χ0v) is 14.5. The highest BCUT2D eigenvalue weighted by Gasteiger charge is 2.39. The lowest BCUT2D eigenvalue weighted by molar-refractivity contribution is -0.152. The molecule has 1 saturated heterocycles. The standard InChI is InChI=1S/C15H16Cl2N2O2S/c1-7(2)21-14(20)11-8(3)18-15(22)19-13(11)12-9(16)5-4-6-10(12)17/h4-7,11,13H,3H2,1-2H3,(H2,18,19,22)/t11-,13-/m1/s1. The number of hydrogen-bond donors (Lipinski definition) is 2. The molecule has 4 nitrogen and oxygen atoms in total. The number of nitrogens with one attached hydrogen (secondary N) is 2. The maximum absolute atomic E-state index is 12.4. The fourth-order valence-electron chi connectivity index (χ4n) is 2.32. The first-order valence-corrected chi connectivity index (χ1v) is 7.88. The monoisotopic (exact) mass is 358 g/mol. The van der Waals surface area contributed by atoms with Crippen LogP contribution in [0.1, 0.15) is 25.5 Å². The van der Waals surface area contributed by atoms with E-state index in [1.54, 1.807) is 32.0 Å². The lowest BCUT2D eigenvalue weighted by Crippen LogP contribution is -2.51. The van der Waals surface area contributed by atoms with Crippen LogP contribution in [-0.2, 0) is 9.53 Å². The highest BCUT2D eigenvalue weighted by Crippen LogP contribution is 2.38. The second-order valence-electron chi connectivity index (χ2n) is 5.20. The molecule has 2 rings (SSSR count). The number of thiocarbonyl (C=S) groups is 1. The predicted molar refractivity (Wildman–Crippen MR) is 91.9 cm³/mol. The predicted octanol–water partition coefficient (Wildman–Crippen LogP) is 3.59. The number of carbonyl (C=O) groups is 1. The Bertz CT molecular complexity index is 614. The van der Waals surface area contributed by atoms with Crippen LogP contribution in [0.5, 0.6) is 0 Å². The minimum absolute atomic E-state index is 0.239. The molecule has 1 aromatic rings. The summed E-state index contributed by atoms with van der Waals surface area (Å²) < 4.78 is 5.32. The molecule has 22 heavy (non-hydrogen) atoms. The van der Waals surface area contributed by atoms with Gasteiger partial charge in [0, 0.05) is 21.3 Å². The van der Waals surface area contributed by atoms with E-state index in [1.807, 2.05) is 0 Å². The number of halogens is 2. The Kier molecular flexibility index (Phi) is 5.32. The van der Waals surface area contributed by atoms with E-state index in [9.17, 15) is 4.79 Å². The van der Waals surface area contributed by atoms with Crippen molar-refractivity contribution in [3.8, 4) is 0 Å². The summed E-state index contributed by atoms with van der Waals surface area (Å²) in [5, 5.41) is 7.16. The lowest BCUT2D eigenvalue weighted by atomic mass is 9.89. The third kappa shape index (κ3) is 3.54. The summed E-state index contributed by atoms with van der Waals surface area (Å²) in [7, 11) is 0. The largest absolute Gasteiger partial charge is 0.462 e. The van der Waals surface area contributed by atoms with Crippen molar-refractivity contribution in [2.75, 3.05) is 0 Å². The molecular weight excluding hydrogens is 343 g/mol. The highest BCUT2D eigenvalue weighted by molar-refractivity contribution is 7.80. The molecule has 0 aliphatic carbocycles. The summed E-state index contributed by atoms with van der Waals surface area (Å²) in [5.74, 6) is -1.10. The molecule has 2 atom stereocenters. The van der Waals surface area contributed by atoms with E-state index in [-0.39, 0.29) is 6.10 Å². The maximum atomic E-state index is 12.4. The minimum atomic E-state index is -0.688. The van der Waals surface area contributed by atoms with Crippen molar-refractivity contribution >= 4 is 46.5 Å². The van der Waals surface area contributed by atoms with Crippen molar-refractivity contribution < 1.29 is 9.53 Å². The van der Waals surface area contributed by atoms with Crippen LogP contribution in [0, 0.1) is 5.92 Å². The average molecular weight is 359 g/mol. The molecule has 0 saturated carbocycles. The van der Waals surface area contributed by atoms with Crippen molar-refractivity contribution in [3.63, 3.8) is 0 Å². The Morgan fingerprint density at radius 3 is 2.50 bits per heavy atom. The van der Waals surface area contributed by atoms with Crippen molar-refractivity contribution in [2.24, 2.45) is 5.92 Å². The molecule has 7 heteroatoms. The fraction of sp³-hybridized carbons (Fsp3) is 0.333. The molecular formula is C15H16Cl2N2O2S. The zero-order valence-electron chi connectivity index (χ0n) is 12.2. The number of benzene rings is 1. The van der Waals surface area contributed by atoms with Crippen LogP contribution in [0.3, 0.4) is 0 Å². The smallest absolute Gasteiger partial charge is 0.317 e. The van der Waals surface area contributed by atoms with Gasteiger partial charge in [-0.15, -0.1) is 0 Å². The van der Waals surface area contributed by atoms with Crippen molar-refractivity contribution in [3.05, 3.63) is 46.1 Å². The van der Waals surface area contributed by atoms with Gasteiger partial charge in [-0.25, -0.2) is 0 Å². The van der Waals surface area contributed by atoms with E-state index >= 15 is 0 Å². The Labute approximate surface area is 144 Å². The molecule has 118 valence electrons. The Balaban J connectivity index is 2.45. The molecule has 1 aromatic carbocycles. The minimum Gasteiger partial charge on any atom is -0.462 e. The number of rotatable bonds is 3. The molecule has 0 bridgehead atoms. The molecule has 0 spiro atoms. The van der Waals surface area contributed by atoms with Gasteiger partial charge in [0.2, 0.25) is 0 Å². The molecule has 0 aromatic heterocycles. The van der Waals surface area contributed by atoms with Gasteiger partial charge in [-0.3, -0.25) is 4.79 Å². The van der Waals surface area contributed by atoms with Crippen molar-refractivity contribution in [1.82, 2.24) is 10.6 Å². The second kappa shape index (κ2) is 6.86. The molecule has 2 N–H and O–H groups in total. The van der Waals surface area contributed by atoms with Crippen molar-refractivity contribution in [1.29, 1.82) is 0 Å². The highest BCUT2D eigenvalue weighted by atomic mass is 35.5. The molecule has 1 aliphatic heterocycles. The first-order chi connectivity index (χ1) is 10.3. The first-order valence-electron chi connectivity index (χ1n) is 6.72. The third-order valence-corrected chi connectivity index (χ3v) is 4.07. The first kappa shape index (κ1) is 17.1. The number of ether oxygens (including phenoxy) is 1. The van der Waals surface area contributed by atoms with Crippen LogP contribution in [-0.4, -0.2) is 17.2 Å². The van der Waals surface area contributed by atoms with Gasteiger partial charge in [0.05, 0.1) is 12.1 Å². The van der Waals surface area contributed by atoms with E-state index in [1.165, 1.54) is 0 Å². The van der Waals surface area contributed by atoms with E-state index in [0.717, 1.165) is 0 Å². The molecule has 0 amide bonds. The summed E-state index contributed by atoms with van der Waals surface area (Å²) in [6, 6.07) is 4.63. The van der Waals surface area contributed by atoms with Gasteiger partial charge in [0.1, 0.15) is 5.92 Å². The van der Waals surface area contributed by atoms with Gasteiger partial charge in [-0.1, -0.05) is 35.8 Å². The number of hydrogen-bond acceptors (Lipinski definition) is 3. The Hall–Kier alpha value is -1.30. The summed E-state index contributed by atoms with van der Waals surface area (Å²) in [5.41, 5.74) is 1.05. The Morgan fingerprint density at radius 1 is 1.36 bits per heavy atom. The molecule has 1 fully saturated rings. The van der Waals surface area contributed by atoms with Gasteiger partial charge in [-0.2, -0.15) is 0 Å². The normalized spacial score (nSPS) is 21.3. The van der Waals surface area contributed by atoms with Crippen LogP contribution in [0.4, 0.5) is 0 Å². The second-order valence-corrected chi connectivity index (χ2v) is 6.42. The van der Waals surface area contributed by atoms with Crippen LogP contribution in [0.15, 0.2) is 30.5 Å². The van der Waals surface area contributed by atoms with Gasteiger partial charge in [-0.05, 0) is 38.2 Å². The van der Waals surface area contributed by atoms with E-state index in [2.05, 4.69) is 17.2 Å². The van der Waals surface area contributed by atoms with Gasteiger partial charge >= 0.3 is 5.97 Å². The molecule has 1 heterocycles.